The van der Waals surface area contributed by atoms with Crippen molar-refractivity contribution in [2.45, 2.75) is 19.6 Å². The van der Waals surface area contributed by atoms with Crippen LogP contribution in [0.25, 0.3) is 0 Å². The molecule has 1 N–H and O–H groups in total. The summed E-state index contributed by atoms with van der Waals surface area (Å²) in [7, 11) is 0. The minimum Gasteiger partial charge on any atom is -0.486 e. The largest absolute Gasteiger partial charge is 0.486 e. The summed E-state index contributed by atoms with van der Waals surface area (Å²) in [4.78, 5) is 28.3. The molecule has 7 heteroatoms. The fourth-order valence-electron chi connectivity index (χ4n) is 3.19. The van der Waals surface area contributed by atoms with Gasteiger partial charge in [0.2, 0.25) is 0 Å². The lowest BCUT2D eigenvalue weighted by Gasteiger charge is -2.19. The number of amides is 1. The van der Waals surface area contributed by atoms with Gasteiger partial charge in [-0.3, -0.25) is 14.6 Å². The van der Waals surface area contributed by atoms with Gasteiger partial charge in [-0.15, -0.1) is 0 Å². The van der Waals surface area contributed by atoms with Gasteiger partial charge in [-0.25, -0.2) is 0 Å². The van der Waals surface area contributed by atoms with Gasteiger partial charge in [-0.2, -0.15) is 0 Å². The number of nitrogens with one attached hydrogen (secondary N) is 1. The number of rotatable bonds is 8. The third-order valence-electron chi connectivity index (χ3n) is 4.88. The number of nitrogens with zero attached hydrogens (tertiary/aromatic N) is 2. The molecule has 4 aromatic rings. The molecule has 160 valence electrons. The third-order valence-corrected chi connectivity index (χ3v) is 4.88. The molecule has 0 aliphatic heterocycles. The maximum Gasteiger partial charge on any atom is 0.274 e. The maximum atomic E-state index is 12.9. The number of benzene rings is 2. The molecule has 1 amide bonds. The number of hydrogen-bond acceptors (Lipinski definition) is 6. The summed E-state index contributed by atoms with van der Waals surface area (Å²) in [5, 5.41) is 6.89. The third kappa shape index (κ3) is 5.07. The first-order chi connectivity index (χ1) is 15.6. The van der Waals surface area contributed by atoms with Crippen molar-refractivity contribution in [1.29, 1.82) is 0 Å². The Kier molecular flexibility index (Phi) is 6.36. The fourth-order valence-corrected chi connectivity index (χ4v) is 3.19. The quantitative estimate of drug-likeness (QED) is 0.420. The van der Waals surface area contributed by atoms with Crippen LogP contribution in [0.4, 0.5) is 0 Å². The molecule has 0 fully saturated rings. The molecule has 0 unspecified atom stereocenters. The van der Waals surface area contributed by atoms with Crippen LogP contribution in [0.1, 0.15) is 50.7 Å². The Balaban J connectivity index is 1.43. The van der Waals surface area contributed by atoms with Crippen molar-refractivity contribution in [3.63, 3.8) is 0 Å². The molecule has 7 nitrogen and oxygen atoms in total. The predicted molar refractivity (Wildman–Crippen MR) is 117 cm³/mol. The van der Waals surface area contributed by atoms with Gasteiger partial charge < -0.3 is 14.6 Å². The molecule has 2 aromatic heterocycles. The number of Topliss-reactive ketones (excluding diaryl/α,β-unsaturated/α-hetero) is 1. The van der Waals surface area contributed by atoms with E-state index in [0.29, 0.717) is 17.1 Å². The number of hydrogen-bond donors (Lipinski definition) is 1. The molecular formula is C25H21N3O4. The molecular weight excluding hydrogens is 406 g/mol. The number of carbonyl (C=O) groups is 2. The van der Waals surface area contributed by atoms with E-state index in [0.717, 1.165) is 11.1 Å². The van der Waals surface area contributed by atoms with Gasteiger partial charge in [-0.1, -0.05) is 35.5 Å². The van der Waals surface area contributed by atoms with Crippen LogP contribution in [0, 0.1) is 0 Å². The fraction of sp³-hybridized carbons (Fsp3) is 0.120. The molecule has 0 bridgehead atoms. The lowest BCUT2D eigenvalue weighted by molar-refractivity contribution is 0.0932. The smallest absolute Gasteiger partial charge is 0.274 e. The zero-order chi connectivity index (χ0) is 22.3. The van der Waals surface area contributed by atoms with Crippen molar-refractivity contribution >= 4 is 11.7 Å². The van der Waals surface area contributed by atoms with E-state index in [1.165, 1.54) is 6.92 Å². The van der Waals surface area contributed by atoms with Gasteiger partial charge in [0.15, 0.2) is 17.2 Å². The van der Waals surface area contributed by atoms with Gasteiger partial charge in [0, 0.05) is 24.0 Å². The predicted octanol–water partition coefficient (Wildman–Crippen LogP) is 4.37. The zero-order valence-electron chi connectivity index (χ0n) is 17.4. The minimum absolute atomic E-state index is 0.0111. The van der Waals surface area contributed by atoms with Crippen molar-refractivity contribution in [3.05, 3.63) is 113 Å². The van der Waals surface area contributed by atoms with Crippen molar-refractivity contribution in [2.24, 2.45) is 0 Å². The van der Waals surface area contributed by atoms with E-state index < -0.39 is 0 Å². The van der Waals surface area contributed by atoms with E-state index in [-0.39, 0.29) is 30.0 Å². The Morgan fingerprint density at radius 2 is 1.66 bits per heavy atom. The number of ether oxygens (including phenoxy) is 1. The topological polar surface area (TPSA) is 94.3 Å². The maximum absolute atomic E-state index is 12.9. The number of aromatic nitrogens is 2. The van der Waals surface area contributed by atoms with Crippen LogP contribution in [0.3, 0.4) is 0 Å². The highest BCUT2D eigenvalue weighted by Gasteiger charge is 2.20. The van der Waals surface area contributed by atoms with Crippen LogP contribution in [-0.2, 0) is 6.61 Å². The van der Waals surface area contributed by atoms with Crippen LogP contribution in [0.5, 0.6) is 5.75 Å². The number of carbonyl (C=O) groups excluding carboxylic acids is 2. The van der Waals surface area contributed by atoms with E-state index in [1.807, 2.05) is 42.5 Å². The van der Waals surface area contributed by atoms with Crippen molar-refractivity contribution in [3.8, 4) is 5.75 Å². The molecule has 2 heterocycles. The first kappa shape index (κ1) is 21.0. The molecule has 0 spiro atoms. The second kappa shape index (κ2) is 9.70. The average molecular weight is 427 g/mol. The summed E-state index contributed by atoms with van der Waals surface area (Å²) >= 11 is 0. The van der Waals surface area contributed by atoms with Crippen LogP contribution < -0.4 is 10.1 Å². The summed E-state index contributed by atoms with van der Waals surface area (Å²) in [6.07, 6.45) is 3.37. The van der Waals surface area contributed by atoms with Crippen molar-refractivity contribution < 1.29 is 18.8 Å². The summed E-state index contributed by atoms with van der Waals surface area (Å²) in [5.74, 6) is 0.615. The van der Waals surface area contributed by atoms with Crippen LogP contribution in [0.15, 0.2) is 89.7 Å². The first-order valence-electron chi connectivity index (χ1n) is 10.1. The molecule has 2 aromatic carbocycles. The second-order valence-electron chi connectivity index (χ2n) is 7.15. The standard InChI is InChI=1S/C25H21N3O4/c1-17(29)18-7-9-21(10-8-18)31-16-22-15-23(28-32-22)25(30)27-24(19-5-3-2-4-6-19)20-11-13-26-14-12-20/h2-15,24H,16H2,1H3,(H,27,30)/t24-/m1/s1. The average Bonchev–Trinajstić information content (AvgIpc) is 3.32. The highest BCUT2D eigenvalue weighted by molar-refractivity contribution is 5.94. The molecule has 0 radical (unpaired) electrons. The Bertz CT molecular complexity index is 1150. The molecule has 4 rings (SSSR count). The molecule has 0 saturated heterocycles. The van der Waals surface area contributed by atoms with Gasteiger partial charge in [-0.05, 0) is 54.4 Å². The summed E-state index contributed by atoms with van der Waals surface area (Å²) in [6.45, 7) is 1.61. The number of ketones is 1. The van der Waals surface area contributed by atoms with Gasteiger partial charge in [0.25, 0.3) is 5.91 Å². The van der Waals surface area contributed by atoms with Crippen molar-refractivity contribution in [1.82, 2.24) is 15.5 Å². The lowest BCUT2D eigenvalue weighted by Crippen LogP contribution is -2.29. The van der Waals surface area contributed by atoms with Crippen molar-refractivity contribution in [2.75, 3.05) is 0 Å². The molecule has 0 saturated carbocycles. The Labute approximate surface area is 185 Å². The van der Waals surface area contributed by atoms with E-state index in [4.69, 9.17) is 9.26 Å². The first-order valence-corrected chi connectivity index (χ1v) is 10.1. The SMILES string of the molecule is CC(=O)c1ccc(OCc2cc(C(=O)N[C@H](c3ccccc3)c3ccncc3)no2)cc1. The Hall–Kier alpha value is -4.26. The normalized spacial score (nSPS) is 11.5. The Morgan fingerprint density at radius 3 is 2.34 bits per heavy atom. The highest BCUT2D eigenvalue weighted by Crippen LogP contribution is 2.22. The van der Waals surface area contributed by atoms with Gasteiger partial charge in [0.1, 0.15) is 12.4 Å². The summed E-state index contributed by atoms with van der Waals surface area (Å²) in [5.41, 5.74) is 2.61. The second-order valence-corrected chi connectivity index (χ2v) is 7.15. The monoisotopic (exact) mass is 427 g/mol. The van der Waals surface area contributed by atoms with Crippen LogP contribution >= 0.6 is 0 Å². The van der Waals surface area contributed by atoms with Gasteiger partial charge in [0.05, 0.1) is 6.04 Å². The minimum atomic E-state index is -0.364. The van der Waals surface area contributed by atoms with E-state index >= 15 is 0 Å². The summed E-state index contributed by atoms with van der Waals surface area (Å²) in [6, 6.07) is 21.4. The van der Waals surface area contributed by atoms with Crippen LogP contribution in [-0.4, -0.2) is 21.8 Å². The molecule has 32 heavy (non-hydrogen) atoms. The number of pyridine rings is 1. The molecule has 0 aliphatic rings. The molecule has 1 atom stereocenters. The van der Waals surface area contributed by atoms with E-state index in [1.54, 1.807) is 42.7 Å². The van der Waals surface area contributed by atoms with Crippen LogP contribution in [0.2, 0.25) is 0 Å². The molecule has 0 aliphatic carbocycles. The van der Waals surface area contributed by atoms with E-state index in [9.17, 15) is 9.59 Å². The highest BCUT2D eigenvalue weighted by atomic mass is 16.5. The van der Waals surface area contributed by atoms with Gasteiger partial charge >= 0.3 is 0 Å². The lowest BCUT2D eigenvalue weighted by atomic mass is 9.99. The Morgan fingerprint density at radius 1 is 0.969 bits per heavy atom. The van der Waals surface area contributed by atoms with E-state index in [2.05, 4.69) is 15.5 Å². The zero-order valence-corrected chi connectivity index (χ0v) is 17.4. The summed E-state index contributed by atoms with van der Waals surface area (Å²) < 4.78 is 10.9.